The van der Waals surface area contributed by atoms with Crippen LogP contribution >= 0.6 is 0 Å². The van der Waals surface area contributed by atoms with Gasteiger partial charge in [-0.05, 0) is 36.4 Å². The Balaban J connectivity index is 1.34. The molecule has 0 fully saturated rings. The molecular weight excluding hydrogens is 344 g/mol. The SMILES string of the molecule is O=C(Nc1ccc(OCc2cc(-c3ccccc3)on2)cc1)c1ccco1. The minimum Gasteiger partial charge on any atom is -0.487 e. The number of rotatable bonds is 6. The zero-order chi connectivity index (χ0) is 18.5. The van der Waals surface area contributed by atoms with Crippen molar-refractivity contribution in [1.29, 1.82) is 0 Å². The lowest BCUT2D eigenvalue weighted by molar-refractivity contribution is 0.0996. The number of hydrogen-bond acceptors (Lipinski definition) is 5. The number of amides is 1. The molecule has 0 saturated carbocycles. The highest BCUT2D eigenvalue weighted by Gasteiger charge is 2.09. The van der Waals surface area contributed by atoms with Gasteiger partial charge >= 0.3 is 0 Å². The van der Waals surface area contributed by atoms with E-state index in [1.54, 1.807) is 36.4 Å². The molecule has 134 valence electrons. The van der Waals surface area contributed by atoms with Crippen LogP contribution in [0, 0.1) is 0 Å². The number of aromatic nitrogens is 1. The summed E-state index contributed by atoms with van der Waals surface area (Å²) in [5.41, 5.74) is 2.31. The van der Waals surface area contributed by atoms with Crippen molar-refractivity contribution in [3.8, 4) is 17.1 Å². The number of nitrogens with one attached hydrogen (secondary N) is 1. The Morgan fingerprint density at radius 2 is 1.81 bits per heavy atom. The van der Waals surface area contributed by atoms with Crippen molar-refractivity contribution in [1.82, 2.24) is 5.16 Å². The Hall–Kier alpha value is -3.80. The average Bonchev–Trinajstić information content (AvgIpc) is 3.40. The molecule has 1 amide bonds. The van der Waals surface area contributed by atoms with Gasteiger partial charge in [0.15, 0.2) is 11.5 Å². The summed E-state index contributed by atoms with van der Waals surface area (Å²) >= 11 is 0. The predicted octanol–water partition coefficient (Wildman–Crippen LogP) is 4.77. The fourth-order valence-corrected chi connectivity index (χ4v) is 2.51. The van der Waals surface area contributed by atoms with E-state index in [1.165, 1.54) is 6.26 Å². The zero-order valence-electron chi connectivity index (χ0n) is 14.3. The molecule has 0 radical (unpaired) electrons. The minimum absolute atomic E-state index is 0.260. The summed E-state index contributed by atoms with van der Waals surface area (Å²) in [6.45, 7) is 0.286. The van der Waals surface area contributed by atoms with Crippen molar-refractivity contribution in [2.24, 2.45) is 0 Å². The van der Waals surface area contributed by atoms with Crippen LogP contribution in [-0.4, -0.2) is 11.1 Å². The van der Waals surface area contributed by atoms with E-state index in [1.807, 2.05) is 36.4 Å². The first-order valence-electron chi connectivity index (χ1n) is 8.37. The molecule has 2 aromatic heterocycles. The molecule has 0 aliphatic carbocycles. The molecule has 27 heavy (non-hydrogen) atoms. The van der Waals surface area contributed by atoms with E-state index in [4.69, 9.17) is 13.7 Å². The third-order valence-corrected chi connectivity index (χ3v) is 3.86. The van der Waals surface area contributed by atoms with Gasteiger partial charge in [-0.1, -0.05) is 35.5 Å². The molecule has 0 aliphatic heterocycles. The van der Waals surface area contributed by atoms with Crippen LogP contribution < -0.4 is 10.1 Å². The van der Waals surface area contributed by atoms with Gasteiger partial charge in [0.2, 0.25) is 0 Å². The molecule has 0 spiro atoms. The minimum atomic E-state index is -0.301. The number of ether oxygens (including phenoxy) is 1. The number of hydrogen-bond donors (Lipinski definition) is 1. The fraction of sp³-hybridized carbons (Fsp3) is 0.0476. The van der Waals surface area contributed by atoms with Crippen LogP contribution in [0.2, 0.25) is 0 Å². The normalized spacial score (nSPS) is 10.5. The number of furan rings is 1. The standard InChI is InChI=1S/C21H16N2O4/c24-21(19-7-4-12-25-19)22-16-8-10-18(11-9-16)26-14-17-13-20(27-23-17)15-5-2-1-3-6-15/h1-13H,14H2,(H,22,24). The number of benzene rings is 2. The van der Waals surface area contributed by atoms with Gasteiger partial charge in [0.1, 0.15) is 18.1 Å². The monoisotopic (exact) mass is 360 g/mol. The molecule has 2 heterocycles. The van der Waals surface area contributed by atoms with Gasteiger partial charge in [-0.15, -0.1) is 0 Å². The van der Waals surface area contributed by atoms with E-state index in [0.717, 1.165) is 5.56 Å². The lowest BCUT2D eigenvalue weighted by atomic mass is 10.2. The maximum absolute atomic E-state index is 11.9. The van der Waals surface area contributed by atoms with Gasteiger partial charge in [0, 0.05) is 17.3 Å². The molecular formula is C21H16N2O4. The highest BCUT2D eigenvalue weighted by Crippen LogP contribution is 2.21. The van der Waals surface area contributed by atoms with E-state index in [2.05, 4.69) is 10.5 Å². The maximum atomic E-state index is 11.9. The second kappa shape index (κ2) is 7.61. The molecule has 0 saturated heterocycles. The summed E-state index contributed by atoms with van der Waals surface area (Å²) in [6.07, 6.45) is 1.46. The smallest absolute Gasteiger partial charge is 0.291 e. The molecule has 0 aliphatic rings. The second-order valence-corrected chi connectivity index (χ2v) is 5.79. The first-order valence-corrected chi connectivity index (χ1v) is 8.37. The highest BCUT2D eigenvalue weighted by atomic mass is 16.5. The quantitative estimate of drug-likeness (QED) is 0.536. The van der Waals surface area contributed by atoms with Gasteiger partial charge in [-0.3, -0.25) is 4.79 Å². The first-order chi connectivity index (χ1) is 13.3. The summed E-state index contributed by atoms with van der Waals surface area (Å²) in [7, 11) is 0. The number of nitrogens with zero attached hydrogens (tertiary/aromatic N) is 1. The Kier molecular flexibility index (Phi) is 4.70. The fourth-order valence-electron chi connectivity index (χ4n) is 2.51. The van der Waals surface area contributed by atoms with E-state index in [0.29, 0.717) is 22.9 Å². The van der Waals surface area contributed by atoms with Crippen molar-refractivity contribution < 1.29 is 18.5 Å². The third kappa shape index (κ3) is 4.07. The molecule has 4 aromatic rings. The van der Waals surface area contributed by atoms with E-state index in [9.17, 15) is 4.79 Å². The lowest BCUT2D eigenvalue weighted by Gasteiger charge is -2.06. The molecule has 0 unspecified atom stereocenters. The van der Waals surface area contributed by atoms with E-state index in [-0.39, 0.29) is 18.3 Å². The first kappa shape index (κ1) is 16.7. The van der Waals surface area contributed by atoms with Crippen molar-refractivity contribution >= 4 is 11.6 Å². The van der Waals surface area contributed by atoms with Crippen molar-refractivity contribution in [2.45, 2.75) is 6.61 Å². The molecule has 1 N–H and O–H groups in total. The summed E-state index contributed by atoms with van der Waals surface area (Å²) in [6, 6.07) is 21.9. The van der Waals surface area contributed by atoms with Gasteiger partial charge in [-0.2, -0.15) is 0 Å². The molecule has 0 bridgehead atoms. The Morgan fingerprint density at radius 3 is 2.56 bits per heavy atom. The number of carbonyl (C=O) groups is 1. The molecule has 6 heteroatoms. The third-order valence-electron chi connectivity index (χ3n) is 3.86. The van der Waals surface area contributed by atoms with Gasteiger partial charge in [0.05, 0.1) is 6.26 Å². The molecule has 4 rings (SSSR count). The second-order valence-electron chi connectivity index (χ2n) is 5.79. The van der Waals surface area contributed by atoms with Crippen LogP contribution in [-0.2, 0) is 6.61 Å². The van der Waals surface area contributed by atoms with Crippen LogP contribution in [0.5, 0.6) is 5.75 Å². The van der Waals surface area contributed by atoms with Crippen LogP contribution in [0.4, 0.5) is 5.69 Å². The predicted molar refractivity (Wildman–Crippen MR) is 99.4 cm³/mol. The Morgan fingerprint density at radius 1 is 1.00 bits per heavy atom. The highest BCUT2D eigenvalue weighted by molar-refractivity contribution is 6.02. The van der Waals surface area contributed by atoms with Crippen LogP contribution in [0.1, 0.15) is 16.2 Å². The van der Waals surface area contributed by atoms with E-state index < -0.39 is 0 Å². The molecule has 6 nitrogen and oxygen atoms in total. The van der Waals surface area contributed by atoms with Crippen LogP contribution in [0.15, 0.2) is 88.0 Å². The summed E-state index contributed by atoms with van der Waals surface area (Å²) in [5, 5.41) is 6.78. The van der Waals surface area contributed by atoms with Crippen LogP contribution in [0.25, 0.3) is 11.3 Å². The summed E-state index contributed by atoms with van der Waals surface area (Å²) in [5.74, 6) is 1.32. The van der Waals surface area contributed by atoms with E-state index >= 15 is 0 Å². The van der Waals surface area contributed by atoms with Crippen molar-refractivity contribution in [3.63, 3.8) is 0 Å². The number of anilines is 1. The van der Waals surface area contributed by atoms with Crippen molar-refractivity contribution in [3.05, 3.63) is 90.5 Å². The molecule has 2 aromatic carbocycles. The molecule has 0 atom stereocenters. The van der Waals surface area contributed by atoms with Crippen LogP contribution in [0.3, 0.4) is 0 Å². The summed E-state index contributed by atoms with van der Waals surface area (Å²) < 4.78 is 16.1. The topological polar surface area (TPSA) is 77.5 Å². The maximum Gasteiger partial charge on any atom is 0.291 e. The number of carbonyl (C=O) groups excluding carboxylic acids is 1. The van der Waals surface area contributed by atoms with Gasteiger partial charge < -0.3 is 19.0 Å². The largest absolute Gasteiger partial charge is 0.487 e. The lowest BCUT2D eigenvalue weighted by Crippen LogP contribution is -2.10. The average molecular weight is 360 g/mol. The van der Waals surface area contributed by atoms with Gasteiger partial charge in [0.25, 0.3) is 5.91 Å². The summed E-state index contributed by atoms with van der Waals surface area (Å²) in [4.78, 5) is 11.9. The Bertz CT molecular complexity index is 1010. The zero-order valence-corrected chi connectivity index (χ0v) is 14.3. The van der Waals surface area contributed by atoms with Crippen molar-refractivity contribution in [2.75, 3.05) is 5.32 Å². The van der Waals surface area contributed by atoms with Gasteiger partial charge in [-0.25, -0.2) is 0 Å². The Labute approximate surface area is 155 Å².